The van der Waals surface area contributed by atoms with Crippen LogP contribution in [0.1, 0.15) is 86.6 Å². The fourth-order valence-corrected chi connectivity index (χ4v) is 9.58. The Morgan fingerprint density at radius 2 is 1.73 bits per heavy atom. The van der Waals surface area contributed by atoms with E-state index in [0.29, 0.717) is 62.0 Å². The number of fused-ring (bicyclic) bond motifs is 3. The Morgan fingerprint density at radius 1 is 0.966 bits per heavy atom. The molecule has 4 aliphatic rings. The monoisotopic (exact) mass is 810 g/mol. The second kappa shape index (κ2) is 18.6. The minimum Gasteiger partial charge on any atom is -0.507 e. The van der Waals surface area contributed by atoms with Crippen LogP contribution in [0.15, 0.2) is 42.7 Å². The number of quaternary nitrogens is 1. The molecule has 0 unspecified atom stereocenters. The molecule has 3 aromatic heterocycles. The Morgan fingerprint density at radius 3 is 2.46 bits per heavy atom. The average Bonchev–Trinajstić information content (AvgIpc) is 3.57. The molecule has 4 N–H and O–H groups in total. The topological polar surface area (TPSA) is 154 Å². The normalized spacial score (nSPS) is 19.8. The third kappa shape index (κ3) is 10.1. The van der Waals surface area contributed by atoms with Gasteiger partial charge in [-0.1, -0.05) is 25.0 Å². The number of ether oxygens (including phenoxy) is 2. The van der Waals surface area contributed by atoms with Gasteiger partial charge in [0.2, 0.25) is 11.9 Å². The highest BCUT2D eigenvalue weighted by molar-refractivity contribution is 5.86. The first-order valence-corrected chi connectivity index (χ1v) is 22.1. The van der Waals surface area contributed by atoms with Gasteiger partial charge in [0, 0.05) is 79.7 Å². The number of anilines is 1. The predicted molar refractivity (Wildman–Crippen MR) is 229 cm³/mol. The number of nitrogens with zero attached hydrogens (tertiary/aromatic N) is 7. The highest BCUT2D eigenvalue weighted by atomic mass is 16.5. The molecule has 14 heteroatoms. The molecule has 0 bridgehead atoms. The van der Waals surface area contributed by atoms with Gasteiger partial charge in [0.15, 0.2) is 5.65 Å². The summed E-state index contributed by atoms with van der Waals surface area (Å²) in [4.78, 5) is 31.3. The number of nitrogens with one attached hydrogen (secondary N) is 3. The number of phenolic OH excluding ortho intramolecular Hbond substituents is 1. The van der Waals surface area contributed by atoms with Crippen molar-refractivity contribution in [2.75, 3.05) is 98.3 Å². The van der Waals surface area contributed by atoms with Gasteiger partial charge in [-0.05, 0) is 86.7 Å². The predicted octanol–water partition coefficient (Wildman–Crippen LogP) is 4.96. The number of amides is 1. The summed E-state index contributed by atoms with van der Waals surface area (Å²) in [5.74, 6) is 1.46. The molecule has 0 radical (unpaired) electrons. The number of likely N-dealkylation sites (tertiary alicyclic amines) is 1. The van der Waals surface area contributed by atoms with Gasteiger partial charge in [0.25, 0.3) is 0 Å². The molecule has 1 atom stereocenters. The van der Waals surface area contributed by atoms with Crippen LogP contribution in [0.4, 0.5) is 5.95 Å². The van der Waals surface area contributed by atoms with Crippen LogP contribution in [0.25, 0.3) is 22.3 Å². The Hall–Kier alpha value is -4.21. The number of piperidine rings is 1. The Kier molecular flexibility index (Phi) is 13.1. The summed E-state index contributed by atoms with van der Waals surface area (Å²) in [6.45, 7) is 9.26. The summed E-state index contributed by atoms with van der Waals surface area (Å²) in [6, 6.07) is 10.1. The van der Waals surface area contributed by atoms with Crippen molar-refractivity contribution < 1.29 is 23.9 Å². The first-order valence-electron chi connectivity index (χ1n) is 22.1. The van der Waals surface area contributed by atoms with E-state index in [4.69, 9.17) is 19.4 Å². The molecule has 1 amide bonds. The molecule has 1 spiro atoms. The van der Waals surface area contributed by atoms with Gasteiger partial charge >= 0.3 is 0 Å². The number of carbonyl (C=O) groups is 1. The smallest absolute Gasteiger partial charge is 0.225 e. The molecule has 1 aliphatic carbocycles. The highest BCUT2D eigenvalue weighted by Crippen LogP contribution is 2.48. The van der Waals surface area contributed by atoms with Crippen molar-refractivity contribution in [3.8, 4) is 17.0 Å². The molecule has 3 fully saturated rings. The van der Waals surface area contributed by atoms with Crippen molar-refractivity contribution in [2.24, 2.45) is 5.41 Å². The first-order chi connectivity index (χ1) is 28.6. The first kappa shape index (κ1) is 41.5. The molecule has 1 aromatic carbocycles. The van der Waals surface area contributed by atoms with Gasteiger partial charge < -0.3 is 44.5 Å². The van der Waals surface area contributed by atoms with Crippen molar-refractivity contribution in [3.05, 3.63) is 59.5 Å². The zero-order chi connectivity index (χ0) is 40.8. The van der Waals surface area contributed by atoms with Crippen LogP contribution in [0.2, 0.25) is 0 Å². The maximum absolute atomic E-state index is 12.5. The maximum Gasteiger partial charge on any atom is 0.225 e. The zero-order valence-corrected chi connectivity index (χ0v) is 35.4. The number of likely N-dealkylation sites (N-methyl/N-ethyl adjacent to an activating group) is 1. The maximum atomic E-state index is 12.5. The summed E-state index contributed by atoms with van der Waals surface area (Å²) in [5, 5.41) is 27.3. The number of H-pyrrole nitrogens is 1. The fraction of sp³-hybridized carbons (Fsp3) is 0.622. The van der Waals surface area contributed by atoms with Gasteiger partial charge in [0.1, 0.15) is 12.3 Å². The van der Waals surface area contributed by atoms with Gasteiger partial charge in [-0.15, -0.1) is 10.2 Å². The lowest BCUT2D eigenvalue weighted by atomic mass is 9.61. The summed E-state index contributed by atoms with van der Waals surface area (Å²) < 4.78 is 12.1. The van der Waals surface area contributed by atoms with E-state index in [1.807, 2.05) is 18.2 Å². The van der Waals surface area contributed by atoms with Crippen LogP contribution < -0.4 is 15.5 Å². The molecule has 2 saturated heterocycles. The SMILES string of the molecule is C[N+](C)(C)CCOCCOCCC(=O)NCCCCC[C@H]1c2c([nH]c3nnc(-c4ccccc4O)cc23)CCN1c1ncc(C2CCN(C3CC4(CNC4)C3)CC2)cn1. The molecule has 8 rings (SSSR count). The molecule has 3 aliphatic heterocycles. The number of unbranched alkanes of at least 4 members (excludes halogenated alkanes) is 2. The van der Waals surface area contributed by atoms with Crippen LogP contribution in [-0.2, 0) is 20.7 Å². The van der Waals surface area contributed by atoms with E-state index in [2.05, 4.69) is 75.2 Å². The largest absolute Gasteiger partial charge is 0.507 e. The van der Waals surface area contributed by atoms with Crippen LogP contribution in [0.5, 0.6) is 5.75 Å². The van der Waals surface area contributed by atoms with Crippen LogP contribution in [0.3, 0.4) is 0 Å². The number of phenols is 1. The number of aromatic nitrogens is 5. The third-order valence-corrected chi connectivity index (χ3v) is 13.2. The van der Waals surface area contributed by atoms with Crippen LogP contribution in [-0.4, -0.2) is 145 Å². The Labute approximate surface area is 349 Å². The molecule has 4 aromatic rings. The number of benzene rings is 1. The van der Waals surface area contributed by atoms with E-state index in [0.717, 1.165) is 98.6 Å². The lowest BCUT2D eigenvalue weighted by Gasteiger charge is -2.58. The van der Waals surface area contributed by atoms with Crippen molar-refractivity contribution in [1.29, 1.82) is 0 Å². The minimum absolute atomic E-state index is 0.0170. The number of aromatic hydroxyl groups is 1. The van der Waals surface area contributed by atoms with E-state index in [9.17, 15) is 9.90 Å². The number of para-hydroxylation sites is 1. The molecular weight excluding hydrogens is 745 g/mol. The molecule has 1 saturated carbocycles. The number of aromatic amines is 1. The lowest BCUT2D eigenvalue weighted by Crippen LogP contribution is -2.65. The second-order valence-electron chi connectivity index (χ2n) is 18.5. The summed E-state index contributed by atoms with van der Waals surface area (Å²) in [7, 11) is 6.43. The van der Waals surface area contributed by atoms with E-state index < -0.39 is 0 Å². The summed E-state index contributed by atoms with van der Waals surface area (Å²) >= 11 is 0. The molecule has 318 valence electrons. The molecular formula is C45H65N10O4+. The number of carbonyl (C=O) groups excluding carboxylic acids is 1. The number of hydrogen-bond donors (Lipinski definition) is 4. The van der Waals surface area contributed by atoms with E-state index in [1.165, 1.54) is 42.8 Å². The standard InChI is InChI=1S/C45H64N10O4/c1-55(2,3)20-22-59-24-23-58-21-15-41(57)47-16-8-4-5-10-39-42-36-25-38(35-9-6-7-11-40(35)56)51-52-43(36)50-37(42)14-19-54(39)44-48-28-33(29-49-44)32-12-17-53(18-13-32)34-26-45(27-34)30-46-31-45/h6-7,9,11,25,28-29,32,34,39,46H,4-5,8,10,12-24,26-27,30-31H2,1-3H3,(H2-,47,50,51,52,56,57)/p+1/t39-/m0/s1. The average molecular weight is 810 g/mol. The Bertz CT molecular complexity index is 2000. The molecule has 59 heavy (non-hydrogen) atoms. The second-order valence-corrected chi connectivity index (χ2v) is 18.5. The third-order valence-electron chi connectivity index (χ3n) is 13.2. The zero-order valence-electron chi connectivity index (χ0n) is 35.4. The lowest BCUT2D eigenvalue weighted by molar-refractivity contribution is -0.870. The minimum atomic E-state index is 0.0170. The van der Waals surface area contributed by atoms with Crippen molar-refractivity contribution in [2.45, 2.75) is 82.2 Å². The van der Waals surface area contributed by atoms with Gasteiger partial charge in [-0.3, -0.25) is 4.79 Å². The van der Waals surface area contributed by atoms with Crippen molar-refractivity contribution in [1.82, 2.24) is 40.7 Å². The highest BCUT2D eigenvalue weighted by Gasteiger charge is 2.50. The van der Waals surface area contributed by atoms with Crippen LogP contribution in [0, 0.1) is 5.41 Å². The quantitative estimate of drug-likeness (QED) is 0.0751. The Balaban J connectivity index is 0.875. The van der Waals surface area contributed by atoms with Gasteiger partial charge in [0.05, 0.1) is 59.3 Å². The fourth-order valence-electron chi connectivity index (χ4n) is 9.58. The van der Waals surface area contributed by atoms with Gasteiger partial charge in [-0.25, -0.2) is 9.97 Å². The number of rotatable bonds is 19. The van der Waals surface area contributed by atoms with Crippen molar-refractivity contribution in [3.63, 3.8) is 0 Å². The number of hydrogen-bond acceptors (Lipinski definition) is 11. The van der Waals surface area contributed by atoms with E-state index >= 15 is 0 Å². The van der Waals surface area contributed by atoms with E-state index in [-0.39, 0.29) is 17.7 Å². The van der Waals surface area contributed by atoms with E-state index in [1.54, 1.807) is 6.07 Å². The van der Waals surface area contributed by atoms with Crippen molar-refractivity contribution >= 4 is 22.9 Å². The summed E-state index contributed by atoms with van der Waals surface area (Å²) in [6.07, 6.45) is 14.1. The van der Waals surface area contributed by atoms with Gasteiger partial charge in [-0.2, -0.15) is 0 Å². The molecule has 6 heterocycles. The molecule has 14 nitrogen and oxygen atoms in total. The summed E-state index contributed by atoms with van der Waals surface area (Å²) in [5.41, 5.74) is 6.29. The van der Waals surface area contributed by atoms with Crippen LogP contribution >= 0.6 is 0 Å².